The number of rotatable bonds is 3. The summed E-state index contributed by atoms with van der Waals surface area (Å²) in [5.41, 5.74) is 7.12. The zero-order valence-electron chi connectivity index (χ0n) is 9.80. The van der Waals surface area contributed by atoms with Crippen molar-refractivity contribution in [2.24, 2.45) is 11.7 Å². The first-order valence-electron chi connectivity index (χ1n) is 5.34. The van der Waals surface area contributed by atoms with Crippen molar-refractivity contribution >= 4 is 15.4 Å². The van der Waals surface area contributed by atoms with Crippen LogP contribution in [0.15, 0.2) is 28.5 Å². The Kier molecular flexibility index (Phi) is 2.97. The van der Waals surface area contributed by atoms with Crippen LogP contribution in [0.25, 0.3) is 5.57 Å². The van der Waals surface area contributed by atoms with Gasteiger partial charge >= 0.3 is 0 Å². The summed E-state index contributed by atoms with van der Waals surface area (Å²) in [4.78, 5) is 0.312. The van der Waals surface area contributed by atoms with Gasteiger partial charge < -0.3 is 10.5 Å². The van der Waals surface area contributed by atoms with E-state index in [-0.39, 0.29) is 5.92 Å². The number of methoxy groups -OCH3 is 1. The Balaban J connectivity index is 2.61. The molecule has 0 saturated carbocycles. The maximum Gasteiger partial charge on any atom is 0.200 e. The Hall–Kier alpha value is -1.33. The van der Waals surface area contributed by atoms with Gasteiger partial charge in [0.1, 0.15) is 5.75 Å². The number of hydrogen-bond donors (Lipinski definition) is 1. The quantitative estimate of drug-likeness (QED) is 0.884. The molecule has 0 spiro atoms. The molecule has 5 heteroatoms. The predicted molar refractivity (Wildman–Crippen MR) is 66.4 cm³/mol. The van der Waals surface area contributed by atoms with Crippen LogP contribution in [0.4, 0.5) is 0 Å². The molecule has 0 aromatic heterocycles. The Labute approximate surface area is 101 Å². The van der Waals surface area contributed by atoms with Crippen molar-refractivity contribution < 1.29 is 13.2 Å². The van der Waals surface area contributed by atoms with Gasteiger partial charge in [0.25, 0.3) is 0 Å². The van der Waals surface area contributed by atoms with Crippen LogP contribution < -0.4 is 10.5 Å². The summed E-state index contributed by atoms with van der Waals surface area (Å²) in [5.74, 6) is 0.571. The van der Waals surface area contributed by atoms with Crippen LogP contribution in [0.5, 0.6) is 5.75 Å². The lowest BCUT2D eigenvalue weighted by Crippen LogP contribution is -2.11. The fourth-order valence-corrected chi connectivity index (χ4v) is 3.50. The average molecular weight is 253 g/mol. The minimum atomic E-state index is -3.34. The number of hydrogen-bond acceptors (Lipinski definition) is 4. The molecular weight excluding hydrogens is 238 g/mol. The molecule has 1 aliphatic heterocycles. The molecule has 4 nitrogen and oxygen atoms in total. The molecule has 1 aromatic carbocycles. The van der Waals surface area contributed by atoms with Gasteiger partial charge in [-0.2, -0.15) is 0 Å². The number of fused-ring (bicyclic) bond motifs is 1. The van der Waals surface area contributed by atoms with Crippen molar-refractivity contribution in [1.29, 1.82) is 0 Å². The van der Waals surface area contributed by atoms with Crippen molar-refractivity contribution in [3.63, 3.8) is 0 Å². The third-order valence-electron chi connectivity index (χ3n) is 2.97. The molecule has 92 valence electrons. The highest BCUT2D eigenvalue weighted by molar-refractivity contribution is 7.95. The van der Waals surface area contributed by atoms with Crippen molar-refractivity contribution in [1.82, 2.24) is 0 Å². The molecule has 0 saturated heterocycles. The normalized spacial score (nSPS) is 18.4. The van der Waals surface area contributed by atoms with Gasteiger partial charge in [-0.25, -0.2) is 8.42 Å². The molecule has 0 bridgehead atoms. The minimum absolute atomic E-state index is 0.0272. The van der Waals surface area contributed by atoms with E-state index in [1.165, 1.54) is 12.5 Å². The van der Waals surface area contributed by atoms with Crippen LogP contribution in [-0.2, 0) is 9.84 Å². The number of sulfone groups is 1. The first kappa shape index (κ1) is 12.1. The van der Waals surface area contributed by atoms with Gasteiger partial charge in [0, 0.05) is 5.41 Å². The topological polar surface area (TPSA) is 69.4 Å². The molecule has 2 N–H and O–H groups in total. The van der Waals surface area contributed by atoms with Gasteiger partial charge in [0.2, 0.25) is 9.84 Å². The lowest BCUT2D eigenvalue weighted by atomic mass is 9.96. The van der Waals surface area contributed by atoms with Crippen LogP contribution in [-0.4, -0.2) is 22.1 Å². The largest absolute Gasteiger partial charge is 0.497 e. The van der Waals surface area contributed by atoms with Gasteiger partial charge in [0.15, 0.2) is 0 Å². The number of nitrogens with two attached hydrogens (primary N) is 1. The van der Waals surface area contributed by atoms with Crippen LogP contribution in [0.1, 0.15) is 12.5 Å². The molecule has 0 radical (unpaired) electrons. The van der Waals surface area contributed by atoms with Gasteiger partial charge in [-0.1, -0.05) is 6.92 Å². The van der Waals surface area contributed by atoms with Crippen molar-refractivity contribution in [2.75, 3.05) is 13.7 Å². The van der Waals surface area contributed by atoms with E-state index >= 15 is 0 Å². The van der Waals surface area contributed by atoms with E-state index in [2.05, 4.69) is 0 Å². The maximum absolute atomic E-state index is 12.0. The average Bonchev–Trinajstić information content (AvgIpc) is 2.60. The third-order valence-corrected chi connectivity index (χ3v) is 4.49. The first-order valence-corrected chi connectivity index (χ1v) is 6.89. The van der Waals surface area contributed by atoms with Crippen LogP contribution in [0, 0.1) is 5.92 Å². The first-order chi connectivity index (χ1) is 7.99. The maximum atomic E-state index is 12.0. The highest BCUT2D eigenvalue weighted by atomic mass is 32.2. The molecule has 0 aliphatic carbocycles. The molecule has 1 atom stereocenters. The SMILES string of the molecule is COc1ccc2c(c1)S(=O)(=O)C=C2C(C)CN. The Morgan fingerprint density at radius 2 is 2.12 bits per heavy atom. The van der Waals surface area contributed by atoms with E-state index in [9.17, 15) is 8.42 Å². The van der Waals surface area contributed by atoms with E-state index in [1.807, 2.05) is 6.92 Å². The molecule has 0 fully saturated rings. The van der Waals surface area contributed by atoms with E-state index in [0.717, 1.165) is 11.1 Å². The second-order valence-electron chi connectivity index (χ2n) is 4.12. The zero-order chi connectivity index (χ0) is 12.6. The third kappa shape index (κ3) is 1.96. The predicted octanol–water partition coefficient (Wildman–Crippen LogP) is 1.42. The Morgan fingerprint density at radius 1 is 1.41 bits per heavy atom. The zero-order valence-corrected chi connectivity index (χ0v) is 10.6. The van der Waals surface area contributed by atoms with E-state index < -0.39 is 9.84 Å². The molecule has 1 aliphatic rings. The molecular formula is C12H15NO3S. The van der Waals surface area contributed by atoms with Gasteiger partial charge in [-0.15, -0.1) is 0 Å². The highest BCUT2D eigenvalue weighted by Gasteiger charge is 2.29. The van der Waals surface area contributed by atoms with Crippen LogP contribution >= 0.6 is 0 Å². The molecule has 17 heavy (non-hydrogen) atoms. The van der Waals surface area contributed by atoms with E-state index in [0.29, 0.717) is 17.2 Å². The summed E-state index contributed by atoms with van der Waals surface area (Å²) >= 11 is 0. The highest BCUT2D eigenvalue weighted by Crippen LogP contribution is 2.38. The van der Waals surface area contributed by atoms with Crippen LogP contribution in [0.3, 0.4) is 0 Å². The van der Waals surface area contributed by atoms with Gasteiger partial charge in [-0.05, 0) is 41.8 Å². The standard InChI is InChI=1S/C12H15NO3S/c1-8(6-13)11-7-17(14,15)12-5-9(16-2)3-4-10(11)12/h3-5,7-8H,6,13H2,1-2H3. The molecule has 1 unspecified atom stereocenters. The summed E-state index contributed by atoms with van der Waals surface area (Å²) in [5, 5.41) is 1.31. The molecule has 2 rings (SSSR count). The fourth-order valence-electron chi connectivity index (χ4n) is 1.91. The molecule has 0 amide bonds. The Morgan fingerprint density at radius 3 is 2.71 bits per heavy atom. The Bertz CT molecular complexity index is 575. The van der Waals surface area contributed by atoms with Crippen molar-refractivity contribution in [3.05, 3.63) is 29.2 Å². The van der Waals surface area contributed by atoms with Crippen molar-refractivity contribution in [3.8, 4) is 5.75 Å². The molecule has 1 heterocycles. The monoisotopic (exact) mass is 253 g/mol. The van der Waals surface area contributed by atoms with E-state index in [1.54, 1.807) is 18.2 Å². The summed E-state index contributed by atoms with van der Waals surface area (Å²) in [7, 11) is -1.83. The lowest BCUT2D eigenvalue weighted by molar-refractivity contribution is 0.413. The number of ether oxygens (including phenoxy) is 1. The van der Waals surface area contributed by atoms with Gasteiger partial charge in [-0.3, -0.25) is 0 Å². The summed E-state index contributed by atoms with van der Waals surface area (Å²) in [6.07, 6.45) is 0. The summed E-state index contributed by atoms with van der Waals surface area (Å²) in [6.45, 7) is 2.34. The lowest BCUT2D eigenvalue weighted by Gasteiger charge is -2.11. The second kappa shape index (κ2) is 4.16. The summed E-state index contributed by atoms with van der Waals surface area (Å²) < 4.78 is 29.0. The van der Waals surface area contributed by atoms with E-state index in [4.69, 9.17) is 10.5 Å². The smallest absolute Gasteiger partial charge is 0.200 e. The minimum Gasteiger partial charge on any atom is -0.497 e. The number of benzene rings is 1. The van der Waals surface area contributed by atoms with Crippen LogP contribution in [0.2, 0.25) is 0 Å². The summed E-state index contributed by atoms with van der Waals surface area (Å²) in [6, 6.07) is 5.09. The second-order valence-corrected chi connectivity index (χ2v) is 5.88. The van der Waals surface area contributed by atoms with Gasteiger partial charge in [0.05, 0.1) is 12.0 Å². The van der Waals surface area contributed by atoms with Crippen molar-refractivity contribution in [2.45, 2.75) is 11.8 Å². The molecule has 1 aromatic rings. The fraction of sp³-hybridized carbons (Fsp3) is 0.333.